The van der Waals surface area contributed by atoms with Crippen LogP contribution in [0.4, 0.5) is 5.82 Å². The molecule has 1 aromatic heterocycles. The van der Waals surface area contributed by atoms with E-state index in [1.165, 1.54) is 6.07 Å². The van der Waals surface area contributed by atoms with Crippen molar-refractivity contribution in [2.24, 2.45) is 11.7 Å². The van der Waals surface area contributed by atoms with Crippen LogP contribution < -0.4 is 10.5 Å². The molecule has 1 saturated carbocycles. The van der Waals surface area contributed by atoms with Gasteiger partial charge < -0.3 is 15.8 Å². The topological polar surface area (TPSA) is 128 Å². The van der Waals surface area contributed by atoms with Crippen LogP contribution in [0.1, 0.15) is 25.7 Å². The summed E-state index contributed by atoms with van der Waals surface area (Å²) in [6, 6.07) is 2.08. The van der Waals surface area contributed by atoms with Crippen LogP contribution in [0.3, 0.4) is 0 Å². The second kappa shape index (κ2) is 6.46. The van der Waals surface area contributed by atoms with Crippen molar-refractivity contribution in [3.8, 4) is 0 Å². The van der Waals surface area contributed by atoms with Crippen molar-refractivity contribution in [2.75, 3.05) is 6.54 Å². The number of nitrogens with zero attached hydrogens (tertiary/aromatic N) is 2. The first-order valence-corrected chi connectivity index (χ1v) is 8.25. The van der Waals surface area contributed by atoms with E-state index in [-0.39, 0.29) is 22.7 Å². The average Bonchev–Trinajstić information content (AvgIpc) is 2.47. The average molecular weight is 314 g/mol. The molecule has 9 heteroatoms. The highest BCUT2D eigenvalue weighted by Gasteiger charge is 2.29. The van der Waals surface area contributed by atoms with Crippen LogP contribution in [-0.2, 0) is 10.0 Å². The second-order valence-electron chi connectivity index (χ2n) is 5.12. The second-order valence-corrected chi connectivity index (χ2v) is 6.83. The Morgan fingerprint density at radius 2 is 2.10 bits per heavy atom. The first-order valence-electron chi connectivity index (χ1n) is 6.77. The fourth-order valence-electron chi connectivity index (χ4n) is 2.55. The minimum atomic E-state index is -3.74. The van der Waals surface area contributed by atoms with E-state index in [1.54, 1.807) is 0 Å². The summed E-state index contributed by atoms with van der Waals surface area (Å²) in [6.07, 6.45) is 4.67. The van der Waals surface area contributed by atoms with Crippen LogP contribution in [0.15, 0.2) is 23.2 Å². The molecule has 1 aliphatic rings. The summed E-state index contributed by atoms with van der Waals surface area (Å²) >= 11 is 0. The number of hydrogen-bond acceptors (Lipinski definition) is 6. The van der Waals surface area contributed by atoms with Gasteiger partial charge in [0.15, 0.2) is 6.20 Å². The van der Waals surface area contributed by atoms with Gasteiger partial charge >= 0.3 is 5.82 Å². The van der Waals surface area contributed by atoms with Gasteiger partial charge in [0, 0.05) is 12.1 Å². The molecular formula is C12H18N4O4S. The SMILES string of the molecule is NCC1CCCCC1NS(=O)(=O)c1ccc([N+](=O)[O-])nc1. The third kappa shape index (κ3) is 3.74. The molecule has 1 aliphatic carbocycles. The largest absolute Gasteiger partial charge is 0.363 e. The van der Waals surface area contributed by atoms with E-state index in [0.717, 1.165) is 37.9 Å². The van der Waals surface area contributed by atoms with Crippen LogP contribution >= 0.6 is 0 Å². The number of aromatic nitrogens is 1. The number of sulfonamides is 1. The highest BCUT2D eigenvalue weighted by Crippen LogP contribution is 2.25. The van der Waals surface area contributed by atoms with E-state index in [0.29, 0.717) is 6.54 Å². The molecule has 0 spiro atoms. The number of pyridine rings is 1. The maximum Gasteiger partial charge on any atom is 0.363 e. The first kappa shape index (κ1) is 15.8. The number of rotatable bonds is 5. The van der Waals surface area contributed by atoms with E-state index in [4.69, 9.17) is 5.73 Å². The van der Waals surface area contributed by atoms with Gasteiger partial charge in [0.2, 0.25) is 10.0 Å². The lowest BCUT2D eigenvalue weighted by Gasteiger charge is -2.30. The van der Waals surface area contributed by atoms with Gasteiger partial charge in [0.25, 0.3) is 0 Å². The molecule has 2 unspecified atom stereocenters. The van der Waals surface area contributed by atoms with Crippen LogP contribution in [0.5, 0.6) is 0 Å². The van der Waals surface area contributed by atoms with Gasteiger partial charge in [-0.3, -0.25) is 0 Å². The van der Waals surface area contributed by atoms with Gasteiger partial charge in [-0.1, -0.05) is 12.8 Å². The lowest BCUT2D eigenvalue weighted by atomic mass is 9.85. The third-order valence-corrected chi connectivity index (χ3v) is 5.21. The molecule has 1 heterocycles. The van der Waals surface area contributed by atoms with Gasteiger partial charge in [0.05, 0.1) is 0 Å². The Bertz CT molecular complexity index is 602. The molecule has 3 N–H and O–H groups in total. The minimum Gasteiger partial charge on any atom is -0.358 e. The summed E-state index contributed by atoms with van der Waals surface area (Å²) in [5.41, 5.74) is 5.68. The molecule has 0 bridgehead atoms. The van der Waals surface area contributed by atoms with Crippen molar-refractivity contribution in [1.29, 1.82) is 0 Å². The zero-order valence-electron chi connectivity index (χ0n) is 11.4. The Balaban J connectivity index is 2.15. The van der Waals surface area contributed by atoms with Gasteiger partial charge in [-0.2, -0.15) is 0 Å². The Hall–Kier alpha value is -1.58. The van der Waals surface area contributed by atoms with Gasteiger partial charge in [-0.05, 0) is 41.3 Å². The van der Waals surface area contributed by atoms with Crippen LogP contribution in [0, 0.1) is 16.0 Å². The van der Waals surface area contributed by atoms with Crippen molar-refractivity contribution in [3.05, 3.63) is 28.4 Å². The van der Waals surface area contributed by atoms with E-state index < -0.39 is 14.9 Å². The molecule has 1 fully saturated rings. The Morgan fingerprint density at radius 3 is 2.67 bits per heavy atom. The number of nitrogens with two attached hydrogens (primary N) is 1. The fourth-order valence-corrected chi connectivity index (χ4v) is 3.84. The molecule has 0 saturated heterocycles. The fraction of sp³-hybridized carbons (Fsp3) is 0.583. The normalized spacial score (nSPS) is 22.9. The molecular weight excluding hydrogens is 296 g/mol. The molecule has 0 radical (unpaired) electrons. The van der Waals surface area contributed by atoms with Crippen molar-refractivity contribution in [3.63, 3.8) is 0 Å². The maximum absolute atomic E-state index is 12.3. The minimum absolute atomic E-state index is 0.0746. The summed E-state index contributed by atoms with van der Waals surface area (Å²) in [6.45, 7) is 0.436. The highest BCUT2D eigenvalue weighted by atomic mass is 32.2. The third-order valence-electron chi connectivity index (χ3n) is 3.74. The summed E-state index contributed by atoms with van der Waals surface area (Å²) in [4.78, 5) is 13.3. The number of nitro groups is 1. The van der Waals surface area contributed by atoms with E-state index in [1.807, 2.05) is 0 Å². The Morgan fingerprint density at radius 1 is 1.38 bits per heavy atom. The summed E-state index contributed by atoms with van der Waals surface area (Å²) in [7, 11) is -3.74. The monoisotopic (exact) mass is 314 g/mol. The molecule has 8 nitrogen and oxygen atoms in total. The van der Waals surface area contributed by atoms with Gasteiger partial charge in [0.1, 0.15) is 4.90 Å². The Kier molecular flexibility index (Phi) is 4.86. The van der Waals surface area contributed by atoms with Crippen molar-refractivity contribution in [1.82, 2.24) is 9.71 Å². The Labute approximate surface area is 123 Å². The molecule has 0 aliphatic heterocycles. The highest BCUT2D eigenvalue weighted by molar-refractivity contribution is 7.89. The summed E-state index contributed by atoms with van der Waals surface area (Å²) in [5.74, 6) is -0.258. The summed E-state index contributed by atoms with van der Waals surface area (Å²) in [5, 5.41) is 10.5. The van der Waals surface area contributed by atoms with Gasteiger partial charge in [-0.25, -0.2) is 13.1 Å². The molecule has 0 amide bonds. The van der Waals surface area contributed by atoms with Crippen LogP contribution in [0.25, 0.3) is 0 Å². The number of nitrogens with one attached hydrogen (secondary N) is 1. The molecule has 1 aromatic rings. The molecule has 2 rings (SSSR count). The zero-order valence-corrected chi connectivity index (χ0v) is 12.3. The smallest absolute Gasteiger partial charge is 0.358 e. The number of hydrogen-bond donors (Lipinski definition) is 2. The lowest BCUT2D eigenvalue weighted by Crippen LogP contribution is -2.44. The predicted molar refractivity (Wildman–Crippen MR) is 76.0 cm³/mol. The first-order chi connectivity index (χ1) is 9.94. The quantitative estimate of drug-likeness (QED) is 0.610. The molecule has 116 valence electrons. The lowest BCUT2D eigenvalue weighted by molar-refractivity contribution is -0.389. The van der Waals surface area contributed by atoms with Crippen LogP contribution in [-0.4, -0.2) is 30.9 Å². The summed E-state index contributed by atoms with van der Waals surface area (Å²) < 4.78 is 27.2. The molecule has 0 aromatic carbocycles. The standard InChI is InChI=1S/C12H18N4O4S/c13-7-9-3-1-2-4-11(9)15-21(19,20)10-5-6-12(14-8-10)16(17)18/h5-6,8-9,11,15H,1-4,7,13H2. The van der Waals surface area contributed by atoms with E-state index >= 15 is 0 Å². The predicted octanol–water partition coefficient (Wildman–Crippen LogP) is 0.786. The van der Waals surface area contributed by atoms with Crippen molar-refractivity contribution in [2.45, 2.75) is 36.6 Å². The van der Waals surface area contributed by atoms with Crippen molar-refractivity contribution < 1.29 is 13.3 Å². The molecule has 2 atom stereocenters. The van der Waals surface area contributed by atoms with E-state index in [2.05, 4.69) is 9.71 Å². The van der Waals surface area contributed by atoms with Crippen LogP contribution in [0.2, 0.25) is 0 Å². The van der Waals surface area contributed by atoms with Gasteiger partial charge in [-0.15, -0.1) is 0 Å². The van der Waals surface area contributed by atoms with E-state index in [9.17, 15) is 18.5 Å². The molecule has 21 heavy (non-hydrogen) atoms. The zero-order chi connectivity index (χ0) is 15.5. The maximum atomic E-state index is 12.3. The van der Waals surface area contributed by atoms with Crippen molar-refractivity contribution >= 4 is 15.8 Å².